The summed E-state index contributed by atoms with van der Waals surface area (Å²) >= 11 is 0. The van der Waals surface area contributed by atoms with Crippen molar-refractivity contribution < 1.29 is 14.2 Å². The van der Waals surface area contributed by atoms with Gasteiger partial charge in [-0.05, 0) is 18.9 Å². The summed E-state index contributed by atoms with van der Waals surface area (Å²) in [5.74, 6) is 2.73. The molecule has 0 aromatic carbocycles. The SMILES string of the molecule is C#CC1=CCC(N(O)C(=O)S(=O)CCC)C=C1. The Morgan fingerprint density at radius 2 is 2.47 bits per heavy atom. The molecule has 0 aromatic rings. The lowest BCUT2D eigenvalue weighted by molar-refractivity contribution is -0.0533. The van der Waals surface area contributed by atoms with Crippen LogP contribution in [0, 0.1) is 12.3 Å². The summed E-state index contributed by atoms with van der Waals surface area (Å²) in [6.07, 6.45) is 11.3. The van der Waals surface area contributed by atoms with Crippen molar-refractivity contribution in [2.45, 2.75) is 25.8 Å². The predicted octanol–water partition coefficient (Wildman–Crippen LogP) is 1.84. The van der Waals surface area contributed by atoms with Crippen molar-refractivity contribution in [2.24, 2.45) is 0 Å². The van der Waals surface area contributed by atoms with Gasteiger partial charge in [0, 0.05) is 11.3 Å². The molecular weight excluding hydrogens is 238 g/mol. The van der Waals surface area contributed by atoms with Crippen molar-refractivity contribution in [1.29, 1.82) is 0 Å². The van der Waals surface area contributed by atoms with Gasteiger partial charge >= 0.3 is 5.24 Å². The van der Waals surface area contributed by atoms with Crippen molar-refractivity contribution in [2.75, 3.05) is 5.75 Å². The molecule has 2 unspecified atom stereocenters. The molecule has 0 saturated heterocycles. The third kappa shape index (κ3) is 3.55. The van der Waals surface area contributed by atoms with Gasteiger partial charge in [0.2, 0.25) is 0 Å². The Labute approximate surface area is 103 Å². The first kappa shape index (κ1) is 13.7. The zero-order valence-corrected chi connectivity index (χ0v) is 10.4. The summed E-state index contributed by atoms with van der Waals surface area (Å²) in [4.78, 5) is 11.6. The number of rotatable bonds is 3. The molecule has 17 heavy (non-hydrogen) atoms. The minimum atomic E-state index is -1.66. The lowest BCUT2D eigenvalue weighted by Gasteiger charge is -2.23. The van der Waals surface area contributed by atoms with E-state index < -0.39 is 22.1 Å². The first-order valence-electron chi connectivity index (χ1n) is 5.35. The third-order valence-electron chi connectivity index (χ3n) is 2.33. The molecule has 92 valence electrons. The second-order valence-corrected chi connectivity index (χ2v) is 5.07. The van der Waals surface area contributed by atoms with Gasteiger partial charge in [-0.1, -0.05) is 25.0 Å². The number of terminal acetylenes is 1. The molecule has 2 atom stereocenters. The quantitative estimate of drug-likeness (QED) is 0.474. The van der Waals surface area contributed by atoms with Gasteiger partial charge < -0.3 is 0 Å². The Balaban J connectivity index is 2.62. The monoisotopic (exact) mass is 253 g/mol. The van der Waals surface area contributed by atoms with E-state index in [-0.39, 0.29) is 5.75 Å². The summed E-state index contributed by atoms with van der Waals surface area (Å²) in [5.41, 5.74) is 0.719. The van der Waals surface area contributed by atoms with E-state index >= 15 is 0 Å². The summed E-state index contributed by atoms with van der Waals surface area (Å²) in [6.45, 7) is 1.83. The molecule has 0 spiro atoms. The molecule has 4 nitrogen and oxygen atoms in total. The van der Waals surface area contributed by atoms with E-state index in [0.717, 1.165) is 5.57 Å². The average Bonchev–Trinajstić information content (AvgIpc) is 2.37. The molecule has 0 fully saturated rings. The van der Waals surface area contributed by atoms with Crippen molar-refractivity contribution in [3.8, 4) is 12.3 Å². The van der Waals surface area contributed by atoms with Crippen LogP contribution >= 0.6 is 0 Å². The van der Waals surface area contributed by atoms with Crippen LogP contribution in [0.3, 0.4) is 0 Å². The van der Waals surface area contributed by atoms with Gasteiger partial charge in [0.15, 0.2) is 0 Å². The van der Waals surface area contributed by atoms with E-state index in [1.54, 1.807) is 18.2 Å². The lowest BCUT2D eigenvalue weighted by Crippen LogP contribution is -2.38. The molecule has 0 aromatic heterocycles. The highest BCUT2D eigenvalue weighted by Crippen LogP contribution is 2.15. The molecular formula is C12H15NO3S. The fourth-order valence-electron chi connectivity index (χ4n) is 1.41. The molecule has 0 aliphatic heterocycles. The average molecular weight is 253 g/mol. The highest BCUT2D eigenvalue weighted by Gasteiger charge is 2.24. The second kappa shape index (κ2) is 6.38. The van der Waals surface area contributed by atoms with Crippen LogP contribution in [0.5, 0.6) is 0 Å². The van der Waals surface area contributed by atoms with Crippen molar-refractivity contribution in [1.82, 2.24) is 5.06 Å². The molecule has 5 heteroatoms. The zero-order valence-electron chi connectivity index (χ0n) is 9.63. The Kier molecular flexibility index (Phi) is 5.13. The van der Waals surface area contributed by atoms with Crippen LogP contribution in [0.2, 0.25) is 0 Å². The van der Waals surface area contributed by atoms with E-state index in [2.05, 4.69) is 5.92 Å². The number of carbonyl (C=O) groups excluding carboxylic acids is 1. The smallest absolute Gasteiger partial charge is 0.285 e. The van der Waals surface area contributed by atoms with Crippen LogP contribution in [-0.2, 0) is 10.8 Å². The number of nitrogens with zero attached hydrogens (tertiary/aromatic N) is 1. The van der Waals surface area contributed by atoms with E-state index in [9.17, 15) is 14.2 Å². The minimum absolute atomic E-state index is 0.262. The molecule has 1 N–H and O–H groups in total. The largest absolute Gasteiger partial charge is 0.335 e. The van der Waals surface area contributed by atoms with Crippen LogP contribution < -0.4 is 0 Å². The number of carbonyl (C=O) groups is 1. The Hall–Kier alpha value is -1.38. The second-order valence-electron chi connectivity index (χ2n) is 3.63. The molecule has 1 aliphatic rings. The standard InChI is InChI=1S/C12H15NO3S/c1-3-9-17(16)12(14)13(15)11-7-5-10(4-2)6-8-11/h2,5-7,11,15H,3,8-9H2,1H3. The Morgan fingerprint density at radius 1 is 1.76 bits per heavy atom. The van der Waals surface area contributed by atoms with Crippen LogP contribution in [0.4, 0.5) is 4.79 Å². The Morgan fingerprint density at radius 3 is 2.94 bits per heavy atom. The summed E-state index contributed by atoms with van der Waals surface area (Å²) in [7, 11) is -1.66. The fraction of sp³-hybridized carbons (Fsp3) is 0.417. The van der Waals surface area contributed by atoms with E-state index in [1.165, 1.54) is 0 Å². The maximum atomic E-state index is 11.6. The normalized spacial score (nSPS) is 20.3. The minimum Gasteiger partial charge on any atom is -0.285 e. The molecule has 0 radical (unpaired) electrons. The number of allylic oxidation sites excluding steroid dienone is 2. The molecule has 1 rings (SSSR count). The van der Waals surface area contributed by atoms with Gasteiger partial charge in [-0.15, -0.1) is 6.42 Å². The molecule has 0 heterocycles. The summed E-state index contributed by atoms with van der Waals surface area (Å²) < 4.78 is 11.4. The van der Waals surface area contributed by atoms with Crippen molar-refractivity contribution in [3.63, 3.8) is 0 Å². The lowest BCUT2D eigenvalue weighted by atomic mass is 10.0. The molecule has 1 amide bonds. The Bertz CT molecular complexity index is 420. The number of hydroxylamine groups is 2. The van der Waals surface area contributed by atoms with Gasteiger partial charge in [0.1, 0.15) is 10.8 Å². The first-order chi connectivity index (χ1) is 8.10. The highest BCUT2D eigenvalue weighted by atomic mass is 32.2. The summed E-state index contributed by atoms with van der Waals surface area (Å²) in [5, 5.41) is 9.44. The zero-order chi connectivity index (χ0) is 12.8. The van der Waals surface area contributed by atoms with Crippen LogP contribution in [0.15, 0.2) is 23.8 Å². The van der Waals surface area contributed by atoms with Gasteiger partial charge in [0.05, 0.1) is 6.04 Å². The van der Waals surface area contributed by atoms with E-state index in [0.29, 0.717) is 17.9 Å². The van der Waals surface area contributed by atoms with Crippen LogP contribution in [0.1, 0.15) is 19.8 Å². The fourth-order valence-corrected chi connectivity index (χ4v) is 2.30. The van der Waals surface area contributed by atoms with Gasteiger partial charge in [-0.3, -0.25) is 10.0 Å². The van der Waals surface area contributed by atoms with E-state index in [1.807, 2.05) is 6.92 Å². The first-order valence-corrected chi connectivity index (χ1v) is 6.67. The maximum absolute atomic E-state index is 11.6. The molecule has 0 bridgehead atoms. The van der Waals surface area contributed by atoms with E-state index in [4.69, 9.17) is 6.42 Å². The van der Waals surface area contributed by atoms with Gasteiger partial charge in [0.25, 0.3) is 0 Å². The maximum Gasteiger partial charge on any atom is 0.335 e. The summed E-state index contributed by atoms with van der Waals surface area (Å²) in [6, 6.07) is -0.486. The third-order valence-corrected chi connectivity index (χ3v) is 3.68. The highest BCUT2D eigenvalue weighted by molar-refractivity contribution is 8.00. The van der Waals surface area contributed by atoms with Gasteiger partial charge in [-0.2, -0.15) is 0 Å². The van der Waals surface area contributed by atoms with Crippen molar-refractivity contribution in [3.05, 3.63) is 23.8 Å². The number of amides is 1. The van der Waals surface area contributed by atoms with Gasteiger partial charge in [-0.25, -0.2) is 9.27 Å². The van der Waals surface area contributed by atoms with Crippen LogP contribution in [-0.4, -0.2) is 31.5 Å². The number of hydrogen-bond donors (Lipinski definition) is 1. The predicted molar refractivity (Wildman–Crippen MR) is 66.8 cm³/mol. The van der Waals surface area contributed by atoms with Crippen LogP contribution in [0.25, 0.3) is 0 Å². The molecule has 0 saturated carbocycles. The number of hydrogen-bond acceptors (Lipinski definition) is 3. The van der Waals surface area contributed by atoms with Crippen molar-refractivity contribution >= 4 is 16.0 Å². The topological polar surface area (TPSA) is 57.6 Å². The molecule has 1 aliphatic carbocycles.